The monoisotopic (exact) mass is 433 g/mol. The Labute approximate surface area is 175 Å². The number of benzene rings is 1. The zero-order valence-electron chi connectivity index (χ0n) is 14.9. The van der Waals surface area contributed by atoms with Gasteiger partial charge in [-0.15, -0.1) is 47.9 Å². The van der Waals surface area contributed by atoms with Gasteiger partial charge in [0, 0.05) is 28.1 Å². The summed E-state index contributed by atoms with van der Waals surface area (Å²) in [4.78, 5) is 18.1. The van der Waals surface area contributed by atoms with Crippen molar-refractivity contribution in [1.29, 1.82) is 0 Å². The van der Waals surface area contributed by atoms with Gasteiger partial charge in [-0.1, -0.05) is 0 Å². The minimum Gasteiger partial charge on any atom is -0.345 e. The van der Waals surface area contributed by atoms with E-state index in [2.05, 4.69) is 15.7 Å². The molecule has 1 heterocycles. The van der Waals surface area contributed by atoms with Crippen LogP contribution in [0.4, 0.5) is 0 Å². The summed E-state index contributed by atoms with van der Waals surface area (Å²) in [5, 5.41) is 6.31. The summed E-state index contributed by atoms with van der Waals surface area (Å²) in [6.45, 7) is 4.54. The quantitative estimate of drug-likeness (QED) is 0.632. The van der Waals surface area contributed by atoms with Crippen molar-refractivity contribution in [2.75, 3.05) is 6.54 Å². The van der Waals surface area contributed by atoms with Gasteiger partial charge in [0.15, 0.2) is 0 Å². The van der Waals surface area contributed by atoms with Gasteiger partial charge >= 0.3 is 0 Å². The van der Waals surface area contributed by atoms with E-state index in [0.717, 1.165) is 34.2 Å². The third-order valence-electron chi connectivity index (χ3n) is 4.47. The summed E-state index contributed by atoms with van der Waals surface area (Å²) in [5.74, 6) is 1.33. The molecule has 3 N–H and O–H groups in total. The number of carbonyl (C=O) groups excluding carboxylic acids is 1. The van der Waals surface area contributed by atoms with Crippen LogP contribution in [0.25, 0.3) is 0 Å². The highest BCUT2D eigenvalue weighted by Crippen LogP contribution is 2.39. The van der Waals surface area contributed by atoms with Gasteiger partial charge < -0.3 is 11.1 Å². The Balaban J connectivity index is 0.00000169. The Hall–Kier alpha value is -0.790. The van der Waals surface area contributed by atoms with Gasteiger partial charge in [-0.2, -0.15) is 0 Å². The molecule has 0 bridgehead atoms. The fourth-order valence-corrected chi connectivity index (χ4v) is 4.22. The van der Waals surface area contributed by atoms with Gasteiger partial charge in [-0.25, -0.2) is 4.98 Å². The van der Waals surface area contributed by atoms with E-state index in [4.69, 9.17) is 5.73 Å². The molecule has 144 valence electrons. The summed E-state index contributed by atoms with van der Waals surface area (Å²) >= 11 is 3.41. The fraction of sp³-hybridized carbons (Fsp3) is 0.444. The van der Waals surface area contributed by atoms with Gasteiger partial charge in [0.25, 0.3) is 5.91 Å². The van der Waals surface area contributed by atoms with E-state index in [1.807, 2.05) is 38.1 Å². The van der Waals surface area contributed by atoms with Crippen LogP contribution in [0.1, 0.15) is 40.8 Å². The lowest BCUT2D eigenvalue weighted by atomic mass is 9.95. The number of aryl methyl sites for hydroxylation is 1. The van der Waals surface area contributed by atoms with Crippen LogP contribution in [0.3, 0.4) is 0 Å². The van der Waals surface area contributed by atoms with Crippen LogP contribution >= 0.6 is 47.9 Å². The van der Waals surface area contributed by atoms with Crippen molar-refractivity contribution in [3.63, 3.8) is 0 Å². The van der Waals surface area contributed by atoms with E-state index in [1.165, 1.54) is 0 Å². The van der Waals surface area contributed by atoms with Gasteiger partial charge in [0.1, 0.15) is 0 Å². The molecule has 1 amide bonds. The second-order valence-corrected chi connectivity index (χ2v) is 8.63. The van der Waals surface area contributed by atoms with Crippen LogP contribution in [0.5, 0.6) is 0 Å². The summed E-state index contributed by atoms with van der Waals surface area (Å²) in [6, 6.07) is 7.76. The number of hydrogen-bond donors (Lipinski definition) is 2. The third-order valence-corrected chi connectivity index (χ3v) is 6.34. The molecule has 1 fully saturated rings. The highest BCUT2D eigenvalue weighted by molar-refractivity contribution is 7.98. The first-order chi connectivity index (χ1) is 11.5. The fourth-order valence-electron chi connectivity index (χ4n) is 2.71. The van der Waals surface area contributed by atoms with Crippen molar-refractivity contribution in [2.24, 2.45) is 11.7 Å². The van der Waals surface area contributed by atoms with Gasteiger partial charge in [0.05, 0.1) is 16.2 Å². The zero-order valence-corrected chi connectivity index (χ0v) is 18.1. The highest BCUT2D eigenvalue weighted by atomic mass is 35.5. The number of amides is 1. The molecular weight excluding hydrogens is 409 g/mol. The van der Waals surface area contributed by atoms with Gasteiger partial charge in [-0.3, -0.25) is 4.79 Å². The van der Waals surface area contributed by atoms with E-state index in [-0.39, 0.29) is 36.3 Å². The topological polar surface area (TPSA) is 68.0 Å². The second kappa shape index (κ2) is 9.95. The average molecular weight is 434 g/mol. The van der Waals surface area contributed by atoms with E-state index >= 15 is 0 Å². The van der Waals surface area contributed by atoms with Crippen molar-refractivity contribution < 1.29 is 4.79 Å². The van der Waals surface area contributed by atoms with Crippen molar-refractivity contribution in [3.8, 4) is 0 Å². The minimum atomic E-state index is -0.285. The molecule has 2 aromatic rings. The number of nitrogens with zero attached hydrogens (tertiary/aromatic N) is 1. The number of hydrogen-bond acceptors (Lipinski definition) is 5. The number of thiazole rings is 1. The average Bonchev–Trinajstić information content (AvgIpc) is 3.36. The van der Waals surface area contributed by atoms with Crippen LogP contribution < -0.4 is 11.1 Å². The number of halogens is 2. The van der Waals surface area contributed by atoms with Gasteiger partial charge in [0.2, 0.25) is 0 Å². The number of thioether (sulfide) groups is 1. The zero-order chi connectivity index (χ0) is 17.2. The van der Waals surface area contributed by atoms with Crippen molar-refractivity contribution >= 4 is 53.8 Å². The molecule has 4 nitrogen and oxygen atoms in total. The molecule has 1 aromatic carbocycles. The number of rotatable bonds is 7. The maximum absolute atomic E-state index is 12.5. The SMILES string of the molecule is Cc1nc(CSc2ccc(C(=O)NC(C)(CN)C3CC3)cc2)cs1.Cl.Cl. The molecule has 3 rings (SSSR count). The van der Waals surface area contributed by atoms with Crippen LogP contribution in [-0.2, 0) is 5.75 Å². The van der Waals surface area contributed by atoms with E-state index in [9.17, 15) is 4.79 Å². The minimum absolute atomic E-state index is 0. The molecule has 1 aliphatic carbocycles. The maximum Gasteiger partial charge on any atom is 0.251 e. The molecule has 1 saturated carbocycles. The molecule has 1 aliphatic rings. The molecule has 1 unspecified atom stereocenters. The molecule has 26 heavy (non-hydrogen) atoms. The van der Waals surface area contributed by atoms with E-state index < -0.39 is 0 Å². The number of nitrogens with two attached hydrogens (primary N) is 1. The van der Waals surface area contributed by atoms with Crippen molar-refractivity contribution in [1.82, 2.24) is 10.3 Å². The Kier molecular flexibility index (Phi) is 8.89. The molecule has 1 atom stereocenters. The van der Waals surface area contributed by atoms with Crippen LogP contribution in [0, 0.1) is 12.8 Å². The maximum atomic E-state index is 12.5. The molecule has 0 spiro atoms. The molecule has 8 heteroatoms. The number of nitrogens with one attached hydrogen (secondary N) is 1. The van der Waals surface area contributed by atoms with Crippen LogP contribution in [0.2, 0.25) is 0 Å². The van der Waals surface area contributed by atoms with E-state index in [1.54, 1.807) is 23.1 Å². The first-order valence-corrected chi connectivity index (χ1v) is 10.0. The standard InChI is InChI=1S/C18H23N3OS2.2ClH/c1-12-20-15(9-23-12)10-24-16-7-3-13(4-8-16)17(22)21-18(2,11-19)14-5-6-14;;/h3-4,7-9,14H,5-6,10-11,19H2,1-2H3,(H,21,22);2*1H. The lowest BCUT2D eigenvalue weighted by molar-refractivity contribution is 0.0898. The normalized spacial score (nSPS) is 15.3. The molecule has 0 aliphatic heterocycles. The lowest BCUT2D eigenvalue weighted by Gasteiger charge is -2.29. The molecule has 0 saturated heterocycles. The molecule has 0 radical (unpaired) electrons. The highest BCUT2D eigenvalue weighted by Gasteiger charge is 2.41. The summed E-state index contributed by atoms with van der Waals surface area (Å²) in [7, 11) is 0. The second-order valence-electron chi connectivity index (χ2n) is 6.52. The van der Waals surface area contributed by atoms with Gasteiger partial charge in [-0.05, 0) is 56.9 Å². The van der Waals surface area contributed by atoms with Crippen molar-refractivity contribution in [2.45, 2.75) is 42.9 Å². The first-order valence-electron chi connectivity index (χ1n) is 8.16. The smallest absolute Gasteiger partial charge is 0.251 e. The first kappa shape index (κ1) is 23.2. The van der Waals surface area contributed by atoms with E-state index in [0.29, 0.717) is 18.0 Å². The number of aromatic nitrogens is 1. The summed E-state index contributed by atoms with van der Waals surface area (Å²) < 4.78 is 0. The summed E-state index contributed by atoms with van der Waals surface area (Å²) in [6.07, 6.45) is 2.30. The third kappa shape index (κ3) is 5.86. The van der Waals surface area contributed by atoms with Crippen LogP contribution in [-0.4, -0.2) is 23.0 Å². The Morgan fingerprint density at radius 2 is 2.00 bits per heavy atom. The summed E-state index contributed by atoms with van der Waals surface area (Å²) in [5.41, 5.74) is 7.38. The molecule has 1 aromatic heterocycles. The number of carbonyl (C=O) groups is 1. The lowest BCUT2D eigenvalue weighted by Crippen LogP contribution is -2.53. The predicted octanol–water partition coefficient (Wildman–Crippen LogP) is 4.44. The predicted molar refractivity (Wildman–Crippen MR) is 115 cm³/mol. The van der Waals surface area contributed by atoms with Crippen LogP contribution in [0.15, 0.2) is 34.5 Å². The Morgan fingerprint density at radius 3 is 2.50 bits per heavy atom. The Morgan fingerprint density at radius 1 is 1.35 bits per heavy atom. The van der Waals surface area contributed by atoms with Crippen molar-refractivity contribution in [3.05, 3.63) is 45.9 Å². The Bertz CT molecular complexity index is 719. The largest absolute Gasteiger partial charge is 0.345 e. The molecular formula is C18H25Cl2N3OS2.